The van der Waals surface area contributed by atoms with Gasteiger partial charge in [-0.1, -0.05) is 0 Å². The summed E-state index contributed by atoms with van der Waals surface area (Å²) in [6.45, 7) is 3.37. The highest BCUT2D eigenvalue weighted by atomic mass is 19.1. The Labute approximate surface area is 156 Å². The van der Waals surface area contributed by atoms with E-state index in [4.69, 9.17) is 5.26 Å². The average molecular weight is 365 g/mol. The van der Waals surface area contributed by atoms with Crippen molar-refractivity contribution in [3.8, 4) is 17.2 Å². The molecule has 0 fully saturated rings. The van der Waals surface area contributed by atoms with Crippen molar-refractivity contribution in [3.63, 3.8) is 0 Å². The largest absolute Gasteiger partial charge is 0.385 e. The molecule has 3 heterocycles. The van der Waals surface area contributed by atoms with Crippen LogP contribution in [0.5, 0.6) is 0 Å². The van der Waals surface area contributed by atoms with Crippen LogP contribution in [-0.4, -0.2) is 52.2 Å². The second kappa shape index (κ2) is 7.60. The van der Waals surface area contributed by atoms with E-state index < -0.39 is 0 Å². The van der Waals surface area contributed by atoms with Gasteiger partial charge in [-0.3, -0.25) is 4.90 Å². The van der Waals surface area contributed by atoms with E-state index in [0.29, 0.717) is 35.7 Å². The Balaban J connectivity index is 1.74. The van der Waals surface area contributed by atoms with Gasteiger partial charge in [0, 0.05) is 49.2 Å². The molecule has 1 aliphatic heterocycles. The zero-order valence-electron chi connectivity index (χ0n) is 14.8. The quantitative estimate of drug-likeness (QED) is 0.645. The molecule has 0 aliphatic carbocycles. The number of halogens is 1. The van der Waals surface area contributed by atoms with Gasteiger partial charge in [0.05, 0.1) is 18.8 Å². The SMILES string of the molecule is N#CCN1CCCNc2ccc(F)c(c2)-c2cnn3ccc(nc23)NCC1. The molecule has 4 rings (SSSR count). The molecule has 3 aromatic rings. The van der Waals surface area contributed by atoms with Crippen molar-refractivity contribution in [2.45, 2.75) is 6.42 Å². The van der Waals surface area contributed by atoms with Crippen molar-refractivity contribution in [1.82, 2.24) is 19.5 Å². The van der Waals surface area contributed by atoms with Crippen molar-refractivity contribution in [1.29, 1.82) is 5.26 Å². The Bertz CT molecular complexity index is 991. The van der Waals surface area contributed by atoms with Crippen LogP contribution in [0.4, 0.5) is 15.9 Å². The molecule has 2 aromatic heterocycles. The molecule has 0 radical (unpaired) electrons. The van der Waals surface area contributed by atoms with Crippen molar-refractivity contribution >= 4 is 17.2 Å². The van der Waals surface area contributed by atoms with E-state index in [9.17, 15) is 4.39 Å². The molecule has 0 spiro atoms. The second-order valence-electron chi connectivity index (χ2n) is 6.48. The van der Waals surface area contributed by atoms with Gasteiger partial charge in [0.1, 0.15) is 11.6 Å². The Morgan fingerprint density at radius 2 is 2.07 bits per heavy atom. The smallest absolute Gasteiger partial charge is 0.165 e. The number of nitrogens with one attached hydrogen (secondary N) is 2. The Morgan fingerprint density at radius 3 is 2.96 bits per heavy atom. The van der Waals surface area contributed by atoms with Crippen LogP contribution in [0.3, 0.4) is 0 Å². The van der Waals surface area contributed by atoms with Crippen LogP contribution in [0.1, 0.15) is 6.42 Å². The molecule has 7 nitrogen and oxygen atoms in total. The number of fused-ring (bicyclic) bond motifs is 4. The van der Waals surface area contributed by atoms with Crippen molar-refractivity contribution in [3.05, 3.63) is 42.5 Å². The number of anilines is 2. The minimum atomic E-state index is -0.305. The minimum absolute atomic E-state index is 0.305. The van der Waals surface area contributed by atoms with E-state index in [1.165, 1.54) is 6.07 Å². The van der Waals surface area contributed by atoms with Crippen LogP contribution in [0, 0.1) is 17.1 Å². The number of benzene rings is 1. The third-order valence-corrected chi connectivity index (χ3v) is 4.63. The molecule has 0 saturated heterocycles. The first kappa shape index (κ1) is 17.2. The van der Waals surface area contributed by atoms with Gasteiger partial charge in [-0.15, -0.1) is 0 Å². The van der Waals surface area contributed by atoms with Crippen LogP contribution in [0.25, 0.3) is 16.8 Å². The highest BCUT2D eigenvalue weighted by Crippen LogP contribution is 2.29. The van der Waals surface area contributed by atoms with Crippen LogP contribution in [0.15, 0.2) is 36.7 Å². The topological polar surface area (TPSA) is 81.3 Å². The number of nitrogens with zero attached hydrogens (tertiary/aromatic N) is 5. The zero-order chi connectivity index (χ0) is 18.6. The maximum Gasteiger partial charge on any atom is 0.165 e. The predicted molar refractivity (Wildman–Crippen MR) is 102 cm³/mol. The summed E-state index contributed by atoms with van der Waals surface area (Å²) >= 11 is 0. The Kier molecular flexibility index (Phi) is 4.85. The summed E-state index contributed by atoms with van der Waals surface area (Å²) in [6, 6.07) is 9.04. The van der Waals surface area contributed by atoms with Gasteiger partial charge >= 0.3 is 0 Å². The third kappa shape index (κ3) is 3.68. The molecule has 138 valence electrons. The van der Waals surface area contributed by atoms with Gasteiger partial charge in [0.25, 0.3) is 0 Å². The van der Waals surface area contributed by atoms with Gasteiger partial charge in [0.15, 0.2) is 5.65 Å². The summed E-state index contributed by atoms with van der Waals surface area (Å²) in [5.74, 6) is 0.394. The standard InChI is InChI=1S/C19H20FN7/c20-17-3-2-14-12-15(17)16-13-24-27-9-4-18(25-19(16)27)23-7-11-26(10-5-21)8-1-6-22-14/h2-4,9,12-13,22H,1,6-8,10-11H2,(H,23,25). The van der Waals surface area contributed by atoms with E-state index in [1.54, 1.807) is 29.0 Å². The summed E-state index contributed by atoms with van der Waals surface area (Å²) in [6.07, 6.45) is 4.33. The zero-order valence-corrected chi connectivity index (χ0v) is 14.8. The van der Waals surface area contributed by atoms with E-state index in [-0.39, 0.29) is 5.82 Å². The molecular formula is C19H20FN7. The molecule has 4 bridgehead atoms. The van der Waals surface area contributed by atoms with Crippen LogP contribution in [0.2, 0.25) is 0 Å². The van der Waals surface area contributed by atoms with Crippen LogP contribution < -0.4 is 10.6 Å². The molecule has 0 atom stereocenters. The van der Waals surface area contributed by atoms with Gasteiger partial charge in [-0.2, -0.15) is 10.4 Å². The molecule has 0 saturated carbocycles. The molecule has 1 aromatic carbocycles. The molecule has 8 heteroatoms. The lowest BCUT2D eigenvalue weighted by Crippen LogP contribution is -2.31. The highest BCUT2D eigenvalue weighted by Gasteiger charge is 2.14. The minimum Gasteiger partial charge on any atom is -0.385 e. The monoisotopic (exact) mass is 365 g/mol. The van der Waals surface area contributed by atoms with Gasteiger partial charge in [0.2, 0.25) is 0 Å². The number of rotatable bonds is 1. The van der Waals surface area contributed by atoms with Crippen molar-refractivity contribution < 1.29 is 4.39 Å². The first-order chi connectivity index (χ1) is 13.2. The third-order valence-electron chi connectivity index (χ3n) is 4.63. The fourth-order valence-electron chi connectivity index (χ4n) is 3.25. The fourth-order valence-corrected chi connectivity index (χ4v) is 3.25. The maximum atomic E-state index is 14.5. The molecule has 0 unspecified atom stereocenters. The van der Waals surface area contributed by atoms with E-state index >= 15 is 0 Å². The van der Waals surface area contributed by atoms with Crippen molar-refractivity contribution in [2.24, 2.45) is 0 Å². The van der Waals surface area contributed by atoms with Gasteiger partial charge in [-0.05, 0) is 30.7 Å². The first-order valence-electron chi connectivity index (χ1n) is 8.96. The van der Waals surface area contributed by atoms with E-state index in [1.807, 2.05) is 6.07 Å². The van der Waals surface area contributed by atoms with Gasteiger partial charge < -0.3 is 10.6 Å². The predicted octanol–water partition coefficient (Wildman–Crippen LogP) is 2.59. The number of hydrogen-bond acceptors (Lipinski definition) is 6. The highest BCUT2D eigenvalue weighted by molar-refractivity contribution is 5.80. The van der Waals surface area contributed by atoms with Gasteiger partial charge in [-0.25, -0.2) is 13.9 Å². The Morgan fingerprint density at radius 1 is 1.15 bits per heavy atom. The Hall–Kier alpha value is -3.18. The van der Waals surface area contributed by atoms with Crippen LogP contribution in [-0.2, 0) is 0 Å². The summed E-state index contributed by atoms with van der Waals surface area (Å²) in [5.41, 5.74) is 2.57. The fraction of sp³-hybridized carbons (Fsp3) is 0.316. The molecule has 2 N–H and O–H groups in total. The molecule has 1 aliphatic rings. The molecule has 0 amide bonds. The second-order valence-corrected chi connectivity index (χ2v) is 6.48. The molecule has 27 heavy (non-hydrogen) atoms. The number of nitriles is 1. The van der Waals surface area contributed by atoms with E-state index in [2.05, 4.69) is 31.7 Å². The van der Waals surface area contributed by atoms with Crippen molar-refractivity contribution in [2.75, 3.05) is 43.4 Å². The first-order valence-corrected chi connectivity index (χ1v) is 8.96. The van der Waals surface area contributed by atoms with E-state index in [0.717, 1.165) is 31.7 Å². The lowest BCUT2D eigenvalue weighted by molar-refractivity contribution is 0.316. The number of aromatic nitrogens is 3. The average Bonchev–Trinajstić information content (AvgIpc) is 3.09. The summed E-state index contributed by atoms with van der Waals surface area (Å²) in [5, 5.41) is 19.9. The summed E-state index contributed by atoms with van der Waals surface area (Å²) in [7, 11) is 0. The maximum absolute atomic E-state index is 14.5. The van der Waals surface area contributed by atoms with Crippen LogP contribution >= 0.6 is 0 Å². The lowest BCUT2D eigenvalue weighted by atomic mass is 10.1. The molecular weight excluding hydrogens is 345 g/mol. The lowest BCUT2D eigenvalue weighted by Gasteiger charge is -2.19. The summed E-state index contributed by atoms with van der Waals surface area (Å²) in [4.78, 5) is 6.72. The normalized spacial score (nSPS) is 15.4. The number of hydrogen-bond donors (Lipinski definition) is 2. The summed E-state index contributed by atoms with van der Waals surface area (Å²) < 4.78 is 16.1.